The van der Waals surface area contributed by atoms with Gasteiger partial charge in [-0.25, -0.2) is 0 Å². The van der Waals surface area contributed by atoms with Crippen molar-refractivity contribution < 1.29 is 9.53 Å². The molecule has 0 spiro atoms. The number of nitrogens with one attached hydrogen (secondary N) is 1. The fourth-order valence-corrected chi connectivity index (χ4v) is 3.10. The zero-order chi connectivity index (χ0) is 16.1. The molecule has 0 aliphatic carbocycles. The second-order valence-electron chi connectivity index (χ2n) is 5.93. The van der Waals surface area contributed by atoms with E-state index in [0.29, 0.717) is 6.54 Å². The van der Waals surface area contributed by atoms with Crippen molar-refractivity contribution in [1.29, 1.82) is 5.26 Å². The van der Waals surface area contributed by atoms with Crippen LogP contribution in [0, 0.1) is 11.3 Å². The Morgan fingerprint density at radius 1 is 1.43 bits per heavy atom. The zero-order valence-corrected chi connectivity index (χ0v) is 13.1. The van der Waals surface area contributed by atoms with Gasteiger partial charge in [0.05, 0.1) is 6.10 Å². The molecule has 1 amide bonds. The van der Waals surface area contributed by atoms with E-state index in [2.05, 4.69) is 11.4 Å². The number of anilines is 1. The van der Waals surface area contributed by atoms with E-state index >= 15 is 0 Å². The van der Waals surface area contributed by atoms with Crippen molar-refractivity contribution in [2.75, 3.05) is 24.6 Å². The number of ether oxygens (including phenoxy) is 1. The normalized spacial score (nSPS) is 20.7. The van der Waals surface area contributed by atoms with Crippen LogP contribution in [-0.4, -0.2) is 31.7 Å². The van der Waals surface area contributed by atoms with Crippen LogP contribution >= 0.6 is 0 Å². The molecule has 1 aromatic carbocycles. The Morgan fingerprint density at radius 3 is 3.09 bits per heavy atom. The van der Waals surface area contributed by atoms with Crippen LogP contribution in [0.15, 0.2) is 36.0 Å². The molecule has 1 unspecified atom stereocenters. The lowest BCUT2D eigenvalue weighted by Gasteiger charge is -2.28. The second-order valence-corrected chi connectivity index (χ2v) is 5.93. The third kappa shape index (κ3) is 3.72. The number of benzene rings is 1. The van der Waals surface area contributed by atoms with Gasteiger partial charge in [0.15, 0.2) is 0 Å². The van der Waals surface area contributed by atoms with Crippen molar-refractivity contribution in [3.05, 3.63) is 41.6 Å². The van der Waals surface area contributed by atoms with Gasteiger partial charge in [0.1, 0.15) is 11.6 Å². The van der Waals surface area contributed by atoms with Crippen LogP contribution in [-0.2, 0) is 16.0 Å². The third-order valence-electron chi connectivity index (χ3n) is 4.31. The van der Waals surface area contributed by atoms with Crippen LogP contribution in [0.4, 0.5) is 5.69 Å². The van der Waals surface area contributed by atoms with Gasteiger partial charge in [0.25, 0.3) is 5.91 Å². The van der Waals surface area contributed by atoms with Gasteiger partial charge in [0.2, 0.25) is 0 Å². The molecule has 1 aromatic rings. The summed E-state index contributed by atoms with van der Waals surface area (Å²) in [5.74, 6) is -0.328. The summed E-state index contributed by atoms with van der Waals surface area (Å²) in [5.41, 5.74) is 2.48. The van der Waals surface area contributed by atoms with E-state index < -0.39 is 0 Å². The van der Waals surface area contributed by atoms with Gasteiger partial charge in [-0.1, -0.05) is 18.2 Å². The van der Waals surface area contributed by atoms with Crippen LogP contribution in [0.25, 0.3) is 0 Å². The van der Waals surface area contributed by atoms with Crippen molar-refractivity contribution in [3.8, 4) is 6.07 Å². The molecule has 0 saturated carbocycles. The van der Waals surface area contributed by atoms with Gasteiger partial charge < -0.3 is 15.0 Å². The van der Waals surface area contributed by atoms with Crippen LogP contribution in [0.2, 0.25) is 0 Å². The molecular weight excluding hydrogens is 290 g/mol. The number of para-hydroxylation sites is 1. The smallest absolute Gasteiger partial charge is 0.263 e. The SMILES string of the molecule is N#C/C(=C/N1CCCc2ccccc21)C(=O)NCC1CCCO1. The van der Waals surface area contributed by atoms with Crippen LogP contribution in [0.5, 0.6) is 0 Å². The van der Waals surface area contributed by atoms with Crippen LogP contribution in [0.1, 0.15) is 24.8 Å². The fourth-order valence-electron chi connectivity index (χ4n) is 3.10. The molecule has 1 N–H and O–H groups in total. The summed E-state index contributed by atoms with van der Waals surface area (Å²) in [6.45, 7) is 2.04. The van der Waals surface area contributed by atoms with Gasteiger partial charge in [0, 0.05) is 31.6 Å². The largest absolute Gasteiger partial charge is 0.376 e. The Morgan fingerprint density at radius 2 is 2.30 bits per heavy atom. The minimum atomic E-state index is -0.328. The highest BCUT2D eigenvalue weighted by atomic mass is 16.5. The molecule has 1 atom stereocenters. The Balaban J connectivity index is 1.69. The van der Waals surface area contributed by atoms with Crippen molar-refractivity contribution in [1.82, 2.24) is 5.32 Å². The van der Waals surface area contributed by atoms with Crippen molar-refractivity contribution in [3.63, 3.8) is 0 Å². The highest BCUT2D eigenvalue weighted by Gasteiger charge is 2.20. The summed E-state index contributed by atoms with van der Waals surface area (Å²) in [6.07, 6.45) is 5.80. The maximum atomic E-state index is 12.2. The summed E-state index contributed by atoms with van der Waals surface area (Å²) in [4.78, 5) is 14.2. The predicted octanol–water partition coefficient (Wildman–Crippen LogP) is 2.14. The topological polar surface area (TPSA) is 65.4 Å². The Kier molecular flexibility index (Phi) is 4.94. The number of fused-ring (bicyclic) bond motifs is 1. The Bertz CT molecular complexity index is 642. The first-order chi connectivity index (χ1) is 11.3. The lowest BCUT2D eigenvalue weighted by molar-refractivity contribution is -0.117. The minimum absolute atomic E-state index is 0.0783. The number of carbonyl (C=O) groups excluding carboxylic acids is 1. The van der Waals surface area contributed by atoms with E-state index in [4.69, 9.17) is 4.74 Å². The monoisotopic (exact) mass is 311 g/mol. The van der Waals surface area contributed by atoms with E-state index in [0.717, 1.165) is 44.5 Å². The summed E-state index contributed by atoms with van der Waals surface area (Å²) in [5, 5.41) is 12.1. The molecule has 120 valence electrons. The van der Waals surface area contributed by atoms with Gasteiger partial charge >= 0.3 is 0 Å². The molecule has 5 nitrogen and oxygen atoms in total. The molecule has 0 radical (unpaired) electrons. The van der Waals surface area contributed by atoms with E-state index in [1.54, 1.807) is 6.20 Å². The molecule has 1 saturated heterocycles. The first-order valence-corrected chi connectivity index (χ1v) is 8.14. The molecule has 0 bridgehead atoms. The van der Waals surface area contributed by atoms with Gasteiger partial charge in [-0.2, -0.15) is 5.26 Å². The Hall–Kier alpha value is -2.32. The van der Waals surface area contributed by atoms with Gasteiger partial charge in [-0.05, 0) is 37.3 Å². The standard InChI is InChI=1S/C18H21N3O2/c19-11-15(18(22)20-12-16-7-4-10-23-16)13-21-9-3-6-14-5-1-2-8-17(14)21/h1-2,5,8,13,16H,3-4,6-7,9-10,12H2,(H,20,22)/b15-13-. The number of carbonyl (C=O) groups is 1. The summed E-state index contributed by atoms with van der Waals surface area (Å²) in [7, 11) is 0. The molecule has 5 heteroatoms. The number of nitrogens with zero attached hydrogens (tertiary/aromatic N) is 2. The molecule has 2 aliphatic heterocycles. The average molecular weight is 311 g/mol. The lowest BCUT2D eigenvalue weighted by Crippen LogP contribution is -2.33. The number of rotatable bonds is 4. The number of nitriles is 1. The van der Waals surface area contributed by atoms with Crippen molar-refractivity contribution in [2.24, 2.45) is 0 Å². The first-order valence-electron chi connectivity index (χ1n) is 8.14. The zero-order valence-electron chi connectivity index (χ0n) is 13.1. The van der Waals surface area contributed by atoms with E-state index in [1.165, 1.54) is 5.56 Å². The number of aryl methyl sites for hydroxylation is 1. The van der Waals surface area contributed by atoms with Gasteiger partial charge in [-0.15, -0.1) is 0 Å². The molecule has 0 aromatic heterocycles. The summed E-state index contributed by atoms with van der Waals surface area (Å²) >= 11 is 0. The van der Waals surface area contributed by atoms with Crippen molar-refractivity contribution in [2.45, 2.75) is 31.8 Å². The summed E-state index contributed by atoms with van der Waals surface area (Å²) in [6, 6.07) is 10.2. The van der Waals surface area contributed by atoms with E-state index in [1.807, 2.05) is 29.2 Å². The van der Waals surface area contributed by atoms with E-state index in [-0.39, 0.29) is 17.6 Å². The minimum Gasteiger partial charge on any atom is -0.376 e. The van der Waals surface area contributed by atoms with Crippen molar-refractivity contribution >= 4 is 11.6 Å². The first kappa shape index (κ1) is 15.6. The van der Waals surface area contributed by atoms with Crippen LogP contribution in [0.3, 0.4) is 0 Å². The second kappa shape index (κ2) is 7.30. The molecule has 1 fully saturated rings. The van der Waals surface area contributed by atoms with E-state index in [9.17, 15) is 10.1 Å². The molecule has 2 heterocycles. The molecule has 3 rings (SSSR count). The molecular formula is C18H21N3O2. The third-order valence-corrected chi connectivity index (χ3v) is 4.31. The fraction of sp³-hybridized carbons (Fsp3) is 0.444. The van der Waals surface area contributed by atoms with Crippen LogP contribution < -0.4 is 10.2 Å². The number of hydrogen-bond acceptors (Lipinski definition) is 4. The van der Waals surface area contributed by atoms with Gasteiger partial charge in [-0.3, -0.25) is 4.79 Å². The number of hydrogen-bond donors (Lipinski definition) is 1. The quantitative estimate of drug-likeness (QED) is 0.683. The maximum Gasteiger partial charge on any atom is 0.263 e. The summed E-state index contributed by atoms with van der Waals surface area (Å²) < 4.78 is 5.49. The maximum absolute atomic E-state index is 12.2. The Labute approximate surface area is 136 Å². The molecule has 2 aliphatic rings. The average Bonchev–Trinajstić information content (AvgIpc) is 3.11. The molecule has 23 heavy (non-hydrogen) atoms. The predicted molar refractivity (Wildman–Crippen MR) is 87.8 cm³/mol. The lowest BCUT2D eigenvalue weighted by atomic mass is 10.0. The highest BCUT2D eigenvalue weighted by molar-refractivity contribution is 5.97. The highest BCUT2D eigenvalue weighted by Crippen LogP contribution is 2.27. The number of amides is 1.